The number of carbonyl (C=O) groups is 2. The average Bonchev–Trinajstić information content (AvgIpc) is 3.36. The molecule has 1 aliphatic heterocycles. The molecule has 3 rings (SSSR count). The fourth-order valence-corrected chi connectivity index (χ4v) is 3.52. The van der Waals surface area contributed by atoms with Crippen molar-refractivity contribution in [2.75, 3.05) is 13.1 Å². The molecule has 0 bridgehead atoms. The van der Waals surface area contributed by atoms with E-state index >= 15 is 0 Å². The summed E-state index contributed by atoms with van der Waals surface area (Å²) >= 11 is 0. The van der Waals surface area contributed by atoms with Crippen molar-refractivity contribution in [3.8, 4) is 0 Å². The summed E-state index contributed by atoms with van der Waals surface area (Å²) in [5.74, 6) is -0.783. The van der Waals surface area contributed by atoms with E-state index in [0.717, 1.165) is 11.1 Å². The van der Waals surface area contributed by atoms with Gasteiger partial charge in [-0.05, 0) is 57.6 Å². The number of nitrogens with zero attached hydrogens (tertiary/aromatic N) is 1. The largest absolute Gasteiger partial charge is 0.481 e. The lowest BCUT2D eigenvalue weighted by atomic mass is 9.83. The van der Waals surface area contributed by atoms with Gasteiger partial charge in [-0.15, -0.1) is 0 Å². The number of rotatable bonds is 3. The first-order valence-electron chi connectivity index (χ1n) is 9.11. The average molecular weight is 361 g/mol. The molecule has 1 aliphatic carbocycles. The van der Waals surface area contributed by atoms with Crippen LogP contribution in [0.2, 0.25) is 0 Å². The minimum atomic E-state index is -1.00. The van der Waals surface area contributed by atoms with Gasteiger partial charge >= 0.3 is 12.1 Å². The Balaban J connectivity index is 1.66. The Morgan fingerprint density at radius 1 is 1.00 bits per heavy atom. The van der Waals surface area contributed by atoms with Gasteiger partial charge < -0.3 is 19.8 Å². The van der Waals surface area contributed by atoms with Crippen LogP contribution in [0.3, 0.4) is 0 Å². The van der Waals surface area contributed by atoms with Crippen LogP contribution in [0.1, 0.15) is 57.6 Å². The molecule has 1 saturated carbocycles. The minimum Gasteiger partial charge on any atom is -0.481 e. The van der Waals surface area contributed by atoms with Crippen molar-refractivity contribution in [2.24, 2.45) is 0 Å². The summed E-state index contributed by atoms with van der Waals surface area (Å²) in [7, 11) is 0. The van der Waals surface area contributed by atoms with Crippen LogP contribution in [0, 0.1) is 0 Å². The molecule has 1 amide bonds. The number of hydrogen-bond donors (Lipinski definition) is 2. The molecule has 1 saturated heterocycles. The molecule has 2 fully saturated rings. The van der Waals surface area contributed by atoms with Crippen molar-refractivity contribution in [3.63, 3.8) is 0 Å². The number of ether oxygens (including phenoxy) is 1. The van der Waals surface area contributed by atoms with Gasteiger partial charge in [0.05, 0.1) is 11.0 Å². The van der Waals surface area contributed by atoms with Crippen molar-refractivity contribution in [3.05, 3.63) is 35.4 Å². The lowest BCUT2D eigenvalue weighted by Gasteiger charge is -2.39. The van der Waals surface area contributed by atoms with E-state index < -0.39 is 22.6 Å². The lowest BCUT2D eigenvalue weighted by molar-refractivity contribution is -0.140. The third-order valence-corrected chi connectivity index (χ3v) is 5.38. The topological polar surface area (TPSA) is 87.1 Å². The van der Waals surface area contributed by atoms with Crippen LogP contribution in [-0.4, -0.2) is 45.9 Å². The number of amides is 1. The highest BCUT2D eigenvalue weighted by atomic mass is 16.6. The smallest absolute Gasteiger partial charge is 0.410 e. The Morgan fingerprint density at radius 2 is 1.50 bits per heavy atom. The standard InChI is InChI=1S/C20H27NO5/c1-18(2,3)26-17(24)21-12-10-20(25,11-13-21)15-6-4-14(5-7-15)19(8-9-19)16(22)23/h4-7,25H,8-13H2,1-3H3,(H,22,23). The Kier molecular flexibility index (Phi) is 4.51. The van der Waals surface area contributed by atoms with E-state index in [0.29, 0.717) is 38.8 Å². The minimum absolute atomic E-state index is 0.355. The van der Waals surface area contributed by atoms with Gasteiger partial charge in [-0.1, -0.05) is 24.3 Å². The van der Waals surface area contributed by atoms with E-state index in [1.54, 1.807) is 4.90 Å². The summed E-state index contributed by atoms with van der Waals surface area (Å²) in [6.45, 7) is 6.34. The van der Waals surface area contributed by atoms with Crippen molar-refractivity contribution in [2.45, 2.75) is 63.1 Å². The summed E-state index contributed by atoms with van der Waals surface area (Å²) in [4.78, 5) is 25.2. The van der Waals surface area contributed by atoms with Crippen LogP contribution in [0.25, 0.3) is 0 Å². The number of carbonyl (C=O) groups excluding carboxylic acids is 1. The Bertz CT molecular complexity index is 692. The zero-order chi connectivity index (χ0) is 19.2. The normalized spacial score (nSPS) is 21.2. The molecule has 0 atom stereocenters. The summed E-state index contributed by atoms with van der Waals surface area (Å²) in [5.41, 5.74) is -0.711. The van der Waals surface area contributed by atoms with Crippen LogP contribution in [0.15, 0.2) is 24.3 Å². The predicted octanol–water partition coefficient (Wildman–Crippen LogP) is 3.02. The zero-order valence-electron chi connectivity index (χ0n) is 15.6. The van der Waals surface area contributed by atoms with E-state index in [2.05, 4.69) is 0 Å². The first-order chi connectivity index (χ1) is 12.1. The van der Waals surface area contributed by atoms with E-state index in [4.69, 9.17) is 4.74 Å². The predicted molar refractivity (Wildman–Crippen MR) is 95.9 cm³/mol. The summed E-state index contributed by atoms with van der Waals surface area (Å²) in [5, 5.41) is 20.4. The summed E-state index contributed by atoms with van der Waals surface area (Å²) < 4.78 is 5.38. The van der Waals surface area contributed by atoms with E-state index in [1.165, 1.54) is 0 Å². The second-order valence-corrected chi connectivity index (χ2v) is 8.46. The van der Waals surface area contributed by atoms with Crippen molar-refractivity contribution in [1.29, 1.82) is 0 Å². The SMILES string of the molecule is CC(C)(C)OC(=O)N1CCC(O)(c2ccc(C3(C(=O)O)CC3)cc2)CC1. The second-order valence-electron chi connectivity index (χ2n) is 8.46. The second kappa shape index (κ2) is 6.27. The highest BCUT2D eigenvalue weighted by molar-refractivity contribution is 5.84. The molecule has 1 heterocycles. The Hall–Kier alpha value is -2.08. The quantitative estimate of drug-likeness (QED) is 0.864. The fourth-order valence-electron chi connectivity index (χ4n) is 3.52. The molecule has 0 radical (unpaired) electrons. The Labute approximate surface area is 153 Å². The Morgan fingerprint density at radius 3 is 1.92 bits per heavy atom. The fraction of sp³-hybridized carbons (Fsp3) is 0.600. The van der Waals surface area contributed by atoms with Gasteiger partial charge in [0, 0.05) is 13.1 Å². The van der Waals surface area contributed by atoms with Gasteiger partial charge in [0.2, 0.25) is 0 Å². The maximum atomic E-state index is 12.2. The molecule has 0 unspecified atom stereocenters. The maximum Gasteiger partial charge on any atom is 0.410 e. The number of likely N-dealkylation sites (tertiary alicyclic amines) is 1. The third-order valence-electron chi connectivity index (χ3n) is 5.38. The van der Waals surface area contributed by atoms with Crippen LogP contribution < -0.4 is 0 Å². The maximum absolute atomic E-state index is 12.2. The number of aliphatic carboxylic acids is 1. The zero-order valence-corrected chi connectivity index (χ0v) is 15.6. The van der Waals surface area contributed by atoms with Gasteiger partial charge in [-0.2, -0.15) is 0 Å². The van der Waals surface area contributed by atoms with Gasteiger partial charge in [-0.25, -0.2) is 4.79 Å². The van der Waals surface area contributed by atoms with Crippen LogP contribution >= 0.6 is 0 Å². The lowest BCUT2D eigenvalue weighted by Crippen LogP contribution is -2.46. The summed E-state index contributed by atoms with van der Waals surface area (Å²) in [6, 6.07) is 7.27. The number of carboxylic acid groups (broad SMARTS) is 1. The summed E-state index contributed by atoms with van der Waals surface area (Å²) in [6.07, 6.45) is 1.82. The van der Waals surface area contributed by atoms with Gasteiger partial charge in [0.25, 0.3) is 0 Å². The van der Waals surface area contributed by atoms with Gasteiger partial charge in [0.1, 0.15) is 5.60 Å². The molecule has 1 aromatic carbocycles. The van der Waals surface area contributed by atoms with E-state index in [1.807, 2.05) is 45.0 Å². The van der Waals surface area contributed by atoms with E-state index in [9.17, 15) is 19.8 Å². The number of benzene rings is 1. The van der Waals surface area contributed by atoms with E-state index in [-0.39, 0.29) is 6.09 Å². The molecule has 1 aromatic rings. The van der Waals surface area contributed by atoms with Crippen LogP contribution in [0.4, 0.5) is 4.79 Å². The van der Waals surface area contributed by atoms with Crippen LogP contribution in [-0.2, 0) is 20.5 Å². The number of piperidine rings is 1. The molecule has 6 nitrogen and oxygen atoms in total. The molecular weight excluding hydrogens is 334 g/mol. The van der Waals surface area contributed by atoms with Crippen molar-refractivity contribution < 1.29 is 24.5 Å². The van der Waals surface area contributed by atoms with Gasteiger partial charge in [0.15, 0.2) is 0 Å². The van der Waals surface area contributed by atoms with Crippen molar-refractivity contribution >= 4 is 12.1 Å². The highest BCUT2D eigenvalue weighted by Crippen LogP contribution is 2.48. The number of aliphatic hydroxyl groups is 1. The monoisotopic (exact) mass is 361 g/mol. The first kappa shape index (κ1) is 18.7. The molecule has 2 N–H and O–H groups in total. The van der Waals surface area contributed by atoms with Gasteiger partial charge in [-0.3, -0.25) is 4.79 Å². The van der Waals surface area contributed by atoms with Crippen LogP contribution in [0.5, 0.6) is 0 Å². The molecule has 2 aliphatic rings. The molecule has 142 valence electrons. The molecular formula is C20H27NO5. The molecule has 6 heteroatoms. The third kappa shape index (κ3) is 3.56. The molecule has 26 heavy (non-hydrogen) atoms. The van der Waals surface area contributed by atoms with Crippen molar-refractivity contribution in [1.82, 2.24) is 4.90 Å². The number of hydrogen-bond acceptors (Lipinski definition) is 4. The molecule has 0 aromatic heterocycles. The number of carboxylic acids is 1. The first-order valence-corrected chi connectivity index (χ1v) is 9.11. The highest BCUT2D eigenvalue weighted by Gasteiger charge is 2.51. The molecule has 0 spiro atoms.